The van der Waals surface area contributed by atoms with E-state index >= 15 is 0 Å². The zero-order valence-corrected chi connectivity index (χ0v) is 9.71. The van der Waals surface area contributed by atoms with E-state index in [2.05, 4.69) is 0 Å². The number of likely N-dealkylation sites (tertiary alicyclic amines) is 1. The van der Waals surface area contributed by atoms with E-state index in [4.69, 9.17) is 16.3 Å². The maximum atomic E-state index is 12.2. The van der Waals surface area contributed by atoms with Crippen LogP contribution < -0.4 is 0 Å². The van der Waals surface area contributed by atoms with Gasteiger partial charge < -0.3 is 9.64 Å². The van der Waals surface area contributed by atoms with Gasteiger partial charge in [0, 0.05) is 37.6 Å². The largest absolute Gasteiger partial charge is 0.381 e. The predicted octanol–water partition coefficient (Wildman–Crippen LogP) is 1.64. The summed E-state index contributed by atoms with van der Waals surface area (Å²) >= 11 is 5.87. The van der Waals surface area contributed by atoms with Gasteiger partial charge in [-0.2, -0.15) is 0 Å². The van der Waals surface area contributed by atoms with Gasteiger partial charge in [0.15, 0.2) is 0 Å². The maximum Gasteiger partial charge on any atom is 0.226 e. The fourth-order valence-electron chi connectivity index (χ4n) is 2.47. The molecule has 0 aliphatic carbocycles. The van der Waals surface area contributed by atoms with Gasteiger partial charge >= 0.3 is 0 Å². The molecule has 4 heteroatoms. The molecule has 2 rings (SSSR count). The molecule has 2 heterocycles. The molecule has 0 aromatic carbocycles. The van der Waals surface area contributed by atoms with E-state index in [0.29, 0.717) is 11.8 Å². The number of hydrogen-bond donors (Lipinski definition) is 0. The number of halogens is 1. The number of hydrogen-bond acceptors (Lipinski definition) is 2. The minimum atomic E-state index is 0.183. The van der Waals surface area contributed by atoms with Gasteiger partial charge in [-0.15, -0.1) is 11.6 Å². The minimum Gasteiger partial charge on any atom is -0.381 e. The van der Waals surface area contributed by atoms with Gasteiger partial charge in [-0.25, -0.2) is 0 Å². The molecule has 0 N–H and O–H groups in total. The van der Waals surface area contributed by atoms with Crippen LogP contribution in [0.15, 0.2) is 0 Å². The Balaban J connectivity index is 1.93. The van der Waals surface area contributed by atoms with Crippen molar-refractivity contribution >= 4 is 17.5 Å². The second-order valence-electron chi connectivity index (χ2n) is 4.37. The molecule has 0 aromatic heterocycles. The van der Waals surface area contributed by atoms with Crippen molar-refractivity contribution in [3.8, 4) is 0 Å². The Labute approximate surface area is 95.7 Å². The molecule has 1 unspecified atom stereocenters. The summed E-state index contributed by atoms with van der Waals surface area (Å²) < 4.78 is 5.27. The van der Waals surface area contributed by atoms with Gasteiger partial charge in [-0.05, 0) is 25.7 Å². The zero-order valence-electron chi connectivity index (χ0n) is 8.95. The minimum absolute atomic E-state index is 0.183. The van der Waals surface area contributed by atoms with Crippen molar-refractivity contribution in [2.24, 2.45) is 5.92 Å². The molecule has 2 saturated heterocycles. The van der Waals surface area contributed by atoms with Gasteiger partial charge in [0.2, 0.25) is 5.91 Å². The first-order valence-electron chi connectivity index (χ1n) is 5.77. The maximum absolute atomic E-state index is 12.2. The third-order valence-corrected chi connectivity index (χ3v) is 3.77. The highest BCUT2D eigenvalue weighted by Crippen LogP contribution is 2.24. The van der Waals surface area contributed by atoms with Crippen LogP contribution in [-0.2, 0) is 9.53 Å². The Morgan fingerprint density at radius 3 is 2.73 bits per heavy atom. The Morgan fingerprint density at radius 1 is 1.33 bits per heavy atom. The number of carbonyl (C=O) groups is 1. The molecule has 2 aliphatic heterocycles. The fraction of sp³-hybridized carbons (Fsp3) is 0.909. The number of rotatable bonds is 2. The van der Waals surface area contributed by atoms with Crippen LogP contribution in [0.3, 0.4) is 0 Å². The summed E-state index contributed by atoms with van der Waals surface area (Å²) in [5, 5.41) is 0. The van der Waals surface area contributed by atoms with Crippen LogP contribution in [0.5, 0.6) is 0 Å². The second kappa shape index (κ2) is 5.17. The van der Waals surface area contributed by atoms with E-state index in [9.17, 15) is 4.79 Å². The molecular formula is C11H18ClNO2. The molecule has 3 nitrogen and oxygen atoms in total. The monoisotopic (exact) mass is 231 g/mol. The van der Waals surface area contributed by atoms with Crippen molar-refractivity contribution < 1.29 is 9.53 Å². The molecule has 0 bridgehead atoms. The molecule has 0 spiro atoms. The Kier molecular flexibility index (Phi) is 3.87. The first-order valence-corrected chi connectivity index (χ1v) is 6.30. The topological polar surface area (TPSA) is 29.5 Å². The summed E-state index contributed by atoms with van der Waals surface area (Å²) in [6.07, 6.45) is 3.93. The van der Waals surface area contributed by atoms with Crippen LogP contribution in [0.2, 0.25) is 0 Å². The second-order valence-corrected chi connectivity index (χ2v) is 4.68. The van der Waals surface area contributed by atoms with Crippen LogP contribution in [0.1, 0.15) is 25.7 Å². The van der Waals surface area contributed by atoms with Gasteiger partial charge in [-0.3, -0.25) is 4.79 Å². The standard InChI is InChI=1S/C11H18ClNO2/c12-8-10-2-1-5-13(10)11(14)9-3-6-15-7-4-9/h9-10H,1-8H2. The molecule has 15 heavy (non-hydrogen) atoms. The first kappa shape index (κ1) is 11.2. The summed E-state index contributed by atoms with van der Waals surface area (Å²) in [5.74, 6) is 1.07. The van der Waals surface area contributed by atoms with E-state index in [1.54, 1.807) is 0 Å². The zero-order chi connectivity index (χ0) is 10.7. The molecule has 0 aromatic rings. The van der Waals surface area contributed by atoms with E-state index in [1.807, 2.05) is 4.90 Å². The smallest absolute Gasteiger partial charge is 0.226 e. The Hall–Kier alpha value is -0.280. The summed E-state index contributed by atoms with van der Waals surface area (Å²) in [5.41, 5.74) is 0. The van der Waals surface area contributed by atoms with E-state index < -0.39 is 0 Å². The molecule has 1 amide bonds. The number of nitrogens with zero attached hydrogens (tertiary/aromatic N) is 1. The molecule has 2 fully saturated rings. The normalized spacial score (nSPS) is 28.3. The highest BCUT2D eigenvalue weighted by atomic mass is 35.5. The summed E-state index contributed by atoms with van der Waals surface area (Å²) in [7, 11) is 0. The first-order chi connectivity index (χ1) is 7.33. The van der Waals surface area contributed by atoms with Crippen molar-refractivity contribution in [3.05, 3.63) is 0 Å². The van der Waals surface area contributed by atoms with Crippen molar-refractivity contribution in [2.75, 3.05) is 25.6 Å². The van der Waals surface area contributed by atoms with E-state index in [1.165, 1.54) is 0 Å². The summed E-state index contributed by atoms with van der Waals surface area (Å²) in [6, 6.07) is 0.280. The number of amides is 1. The molecule has 2 aliphatic rings. The lowest BCUT2D eigenvalue weighted by Crippen LogP contribution is -2.42. The Morgan fingerprint density at radius 2 is 2.07 bits per heavy atom. The van der Waals surface area contributed by atoms with Gasteiger partial charge in [0.1, 0.15) is 0 Å². The quantitative estimate of drug-likeness (QED) is 0.677. The number of alkyl halides is 1. The van der Waals surface area contributed by atoms with Crippen LogP contribution in [-0.4, -0.2) is 42.5 Å². The summed E-state index contributed by atoms with van der Waals surface area (Å²) in [6.45, 7) is 2.36. The molecule has 86 valence electrons. The molecular weight excluding hydrogens is 214 g/mol. The lowest BCUT2D eigenvalue weighted by molar-refractivity contribution is -0.139. The van der Waals surface area contributed by atoms with Crippen LogP contribution in [0.25, 0.3) is 0 Å². The number of ether oxygens (including phenoxy) is 1. The van der Waals surface area contributed by atoms with Gasteiger partial charge in [0.05, 0.1) is 0 Å². The van der Waals surface area contributed by atoms with Crippen LogP contribution in [0, 0.1) is 5.92 Å². The molecule has 0 saturated carbocycles. The van der Waals surface area contributed by atoms with Crippen molar-refractivity contribution in [3.63, 3.8) is 0 Å². The van der Waals surface area contributed by atoms with E-state index in [0.717, 1.165) is 45.4 Å². The third kappa shape index (κ3) is 2.45. The van der Waals surface area contributed by atoms with Crippen LogP contribution in [0.4, 0.5) is 0 Å². The highest BCUT2D eigenvalue weighted by molar-refractivity contribution is 6.18. The predicted molar refractivity (Wildman–Crippen MR) is 59.0 cm³/mol. The average molecular weight is 232 g/mol. The van der Waals surface area contributed by atoms with Gasteiger partial charge in [-0.1, -0.05) is 0 Å². The third-order valence-electron chi connectivity index (χ3n) is 3.41. The van der Waals surface area contributed by atoms with Crippen LogP contribution >= 0.6 is 11.6 Å². The lowest BCUT2D eigenvalue weighted by Gasteiger charge is -2.29. The summed E-state index contributed by atoms with van der Waals surface area (Å²) in [4.78, 5) is 14.2. The van der Waals surface area contributed by atoms with Crippen molar-refractivity contribution in [1.82, 2.24) is 4.90 Å². The molecule has 1 atom stereocenters. The van der Waals surface area contributed by atoms with Gasteiger partial charge in [0.25, 0.3) is 0 Å². The average Bonchev–Trinajstić information content (AvgIpc) is 2.77. The number of carbonyl (C=O) groups excluding carboxylic acids is 1. The highest BCUT2D eigenvalue weighted by Gasteiger charge is 2.33. The van der Waals surface area contributed by atoms with E-state index in [-0.39, 0.29) is 12.0 Å². The fourth-order valence-corrected chi connectivity index (χ4v) is 2.79. The van der Waals surface area contributed by atoms with Crippen molar-refractivity contribution in [2.45, 2.75) is 31.7 Å². The lowest BCUT2D eigenvalue weighted by atomic mass is 9.98. The Bertz CT molecular complexity index is 229. The SMILES string of the molecule is O=C(C1CCOCC1)N1CCCC1CCl. The van der Waals surface area contributed by atoms with Crippen molar-refractivity contribution in [1.29, 1.82) is 0 Å². The molecule has 0 radical (unpaired) electrons.